The van der Waals surface area contributed by atoms with E-state index in [0.717, 1.165) is 37.0 Å². The first kappa shape index (κ1) is 19.1. The quantitative estimate of drug-likeness (QED) is 0.721. The van der Waals surface area contributed by atoms with E-state index in [-0.39, 0.29) is 23.9 Å². The standard InChI is InChI=1S/C22H29NO5/c1-26-18-4-3-17(8-19(18)27-2)23-20(24)13-28-21(25)12-22-9-14-5-15(10-22)7-16(6-14)11-22/h3-4,8,14-16H,5-7,9-13H2,1-2H3,(H,23,24). The molecule has 0 heterocycles. The molecule has 1 amide bonds. The van der Waals surface area contributed by atoms with Gasteiger partial charge >= 0.3 is 5.97 Å². The van der Waals surface area contributed by atoms with Crippen molar-refractivity contribution in [3.63, 3.8) is 0 Å². The number of amides is 1. The fourth-order valence-corrected chi connectivity index (χ4v) is 6.12. The van der Waals surface area contributed by atoms with Crippen LogP contribution in [0.5, 0.6) is 11.5 Å². The summed E-state index contributed by atoms with van der Waals surface area (Å²) in [5.41, 5.74) is 0.700. The molecule has 5 rings (SSSR count). The van der Waals surface area contributed by atoms with Crippen LogP contribution in [-0.4, -0.2) is 32.7 Å². The molecule has 152 valence electrons. The summed E-state index contributed by atoms with van der Waals surface area (Å²) in [4.78, 5) is 24.6. The van der Waals surface area contributed by atoms with E-state index in [4.69, 9.17) is 14.2 Å². The second kappa shape index (κ2) is 7.64. The van der Waals surface area contributed by atoms with Gasteiger partial charge < -0.3 is 19.5 Å². The fraction of sp³-hybridized carbons (Fsp3) is 0.636. The van der Waals surface area contributed by atoms with Crippen molar-refractivity contribution < 1.29 is 23.8 Å². The zero-order chi connectivity index (χ0) is 19.7. The van der Waals surface area contributed by atoms with Crippen LogP contribution in [0.2, 0.25) is 0 Å². The number of ether oxygens (including phenoxy) is 3. The highest BCUT2D eigenvalue weighted by molar-refractivity contribution is 5.93. The molecule has 0 saturated heterocycles. The number of rotatable bonds is 7. The SMILES string of the molecule is COc1ccc(NC(=O)COC(=O)CC23CC4CC(CC(C4)C2)C3)cc1OC. The van der Waals surface area contributed by atoms with Gasteiger partial charge in [-0.15, -0.1) is 0 Å². The Hall–Kier alpha value is -2.24. The highest BCUT2D eigenvalue weighted by Crippen LogP contribution is 2.61. The Morgan fingerprint density at radius 2 is 1.61 bits per heavy atom. The molecule has 0 aromatic heterocycles. The first-order valence-electron chi connectivity index (χ1n) is 10.2. The summed E-state index contributed by atoms with van der Waals surface area (Å²) in [7, 11) is 3.09. The minimum Gasteiger partial charge on any atom is -0.493 e. The van der Waals surface area contributed by atoms with E-state index in [1.165, 1.54) is 26.4 Å². The van der Waals surface area contributed by atoms with Crippen molar-refractivity contribution >= 4 is 17.6 Å². The number of esters is 1. The van der Waals surface area contributed by atoms with Gasteiger partial charge in [0, 0.05) is 11.8 Å². The van der Waals surface area contributed by atoms with E-state index in [1.54, 1.807) is 25.3 Å². The van der Waals surface area contributed by atoms with Crippen molar-refractivity contribution in [2.24, 2.45) is 23.2 Å². The third kappa shape index (κ3) is 3.96. The van der Waals surface area contributed by atoms with Gasteiger partial charge in [-0.2, -0.15) is 0 Å². The fourth-order valence-electron chi connectivity index (χ4n) is 6.12. The smallest absolute Gasteiger partial charge is 0.306 e. The highest BCUT2D eigenvalue weighted by Gasteiger charge is 2.51. The van der Waals surface area contributed by atoms with E-state index in [9.17, 15) is 9.59 Å². The summed E-state index contributed by atoms with van der Waals surface area (Å²) in [6, 6.07) is 5.11. The Morgan fingerprint density at radius 3 is 2.18 bits per heavy atom. The predicted molar refractivity (Wildman–Crippen MR) is 104 cm³/mol. The lowest BCUT2D eigenvalue weighted by atomic mass is 9.49. The molecule has 1 N–H and O–H groups in total. The van der Waals surface area contributed by atoms with Gasteiger partial charge in [-0.3, -0.25) is 9.59 Å². The van der Waals surface area contributed by atoms with E-state index in [1.807, 2.05) is 0 Å². The van der Waals surface area contributed by atoms with Gasteiger partial charge in [-0.25, -0.2) is 0 Å². The Morgan fingerprint density at radius 1 is 1.00 bits per heavy atom. The number of nitrogens with one attached hydrogen (secondary N) is 1. The van der Waals surface area contributed by atoms with Crippen LogP contribution < -0.4 is 14.8 Å². The van der Waals surface area contributed by atoms with Crippen molar-refractivity contribution in [2.45, 2.75) is 44.9 Å². The zero-order valence-electron chi connectivity index (χ0n) is 16.7. The lowest BCUT2D eigenvalue weighted by Gasteiger charge is -2.56. The van der Waals surface area contributed by atoms with Crippen molar-refractivity contribution in [3.8, 4) is 11.5 Å². The highest BCUT2D eigenvalue weighted by atomic mass is 16.5. The van der Waals surface area contributed by atoms with Crippen molar-refractivity contribution in [2.75, 3.05) is 26.1 Å². The van der Waals surface area contributed by atoms with Crippen LogP contribution in [0.4, 0.5) is 5.69 Å². The molecule has 6 heteroatoms. The third-order valence-electron chi connectivity index (χ3n) is 6.72. The Kier molecular flexibility index (Phi) is 5.21. The number of hydrogen-bond donors (Lipinski definition) is 1. The first-order valence-corrected chi connectivity index (χ1v) is 10.2. The average molecular weight is 387 g/mol. The number of carbonyl (C=O) groups is 2. The lowest BCUT2D eigenvalue weighted by Crippen LogP contribution is -2.47. The van der Waals surface area contributed by atoms with Crippen LogP contribution >= 0.6 is 0 Å². The molecule has 4 aliphatic rings. The molecular weight excluding hydrogens is 358 g/mol. The first-order chi connectivity index (χ1) is 13.5. The maximum Gasteiger partial charge on any atom is 0.306 e. The van der Waals surface area contributed by atoms with Gasteiger partial charge in [0.25, 0.3) is 5.91 Å². The molecule has 0 atom stereocenters. The second-order valence-corrected chi connectivity index (χ2v) is 8.87. The van der Waals surface area contributed by atoms with Crippen LogP contribution in [0.25, 0.3) is 0 Å². The predicted octanol–water partition coefficient (Wildman–Crippen LogP) is 3.79. The van der Waals surface area contributed by atoms with Crippen LogP contribution in [0.15, 0.2) is 18.2 Å². The van der Waals surface area contributed by atoms with Crippen molar-refractivity contribution in [1.29, 1.82) is 0 Å². The summed E-state index contributed by atoms with van der Waals surface area (Å²) >= 11 is 0. The second-order valence-electron chi connectivity index (χ2n) is 8.87. The summed E-state index contributed by atoms with van der Waals surface area (Å²) in [6.07, 6.45) is 7.98. The van der Waals surface area contributed by atoms with Gasteiger partial charge in [-0.1, -0.05) is 0 Å². The molecule has 1 aromatic carbocycles. The Balaban J connectivity index is 1.27. The average Bonchev–Trinajstić information content (AvgIpc) is 2.65. The lowest BCUT2D eigenvalue weighted by molar-refractivity contribution is -0.154. The maximum atomic E-state index is 12.4. The summed E-state index contributed by atoms with van der Waals surface area (Å²) in [5, 5.41) is 2.73. The molecular formula is C22H29NO5. The normalized spacial score (nSPS) is 30.0. The number of methoxy groups -OCH3 is 2. The van der Waals surface area contributed by atoms with Gasteiger partial charge in [0.2, 0.25) is 0 Å². The van der Waals surface area contributed by atoms with Crippen LogP contribution in [0.1, 0.15) is 44.9 Å². The van der Waals surface area contributed by atoms with Gasteiger partial charge in [0.05, 0.1) is 20.6 Å². The Labute approximate surface area is 165 Å². The molecule has 4 aliphatic carbocycles. The van der Waals surface area contributed by atoms with Crippen LogP contribution in [0.3, 0.4) is 0 Å². The Bertz CT molecular complexity index is 724. The number of hydrogen-bond acceptors (Lipinski definition) is 5. The van der Waals surface area contributed by atoms with E-state index in [0.29, 0.717) is 23.6 Å². The summed E-state index contributed by atoms with van der Waals surface area (Å²) in [6.45, 7) is -0.264. The molecule has 28 heavy (non-hydrogen) atoms. The number of anilines is 1. The van der Waals surface area contributed by atoms with Crippen molar-refractivity contribution in [3.05, 3.63) is 18.2 Å². The third-order valence-corrected chi connectivity index (χ3v) is 6.72. The molecule has 0 aliphatic heterocycles. The molecule has 0 radical (unpaired) electrons. The topological polar surface area (TPSA) is 73.9 Å². The van der Waals surface area contributed by atoms with Gasteiger partial charge in [-0.05, 0) is 73.8 Å². The maximum absolute atomic E-state index is 12.4. The van der Waals surface area contributed by atoms with E-state index < -0.39 is 0 Å². The minimum atomic E-state index is -0.355. The number of benzene rings is 1. The molecule has 4 bridgehead atoms. The molecule has 0 spiro atoms. The zero-order valence-corrected chi connectivity index (χ0v) is 16.7. The largest absolute Gasteiger partial charge is 0.493 e. The van der Waals surface area contributed by atoms with E-state index in [2.05, 4.69) is 5.32 Å². The molecule has 6 nitrogen and oxygen atoms in total. The summed E-state index contributed by atoms with van der Waals surface area (Å²) in [5.74, 6) is 2.91. The van der Waals surface area contributed by atoms with Gasteiger partial charge in [0.15, 0.2) is 18.1 Å². The van der Waals surface area contributed by atoms with Crippen LogP contribution in [-0.2, 0) is 14.3 Å². The molecule has 0 unspecified atom stereocenters. The monoisotopic (exact) mass is 387 g/mol. The number of carbonyl (C=O) groups excluding carboxylic acids is 2. The molecule has 4 fully saturated rings. The molecule has 1 aromatic rings. The van der Waals surface area contributed by atoms with E-state index >= 15 is 0 Å². The van der Waals surface area contributed by atoms with Crippen molar-refractivity contribution in [1.82, 2.24) is 0 Å². The molecule has 4 saturated carbocycles. The van der Waals surface area contributed by atoms with Crippen LogP contribution in [0, 0.1) is 23.2 Å². The summed E-state index contributed by atoms with van der Waals surface area (Å²) < 4.78 is 15.7. The van der Waals surface area contributed by atoms with Gasteiger partial charge in [0.1, 0.15) is 0 Å². The minimum absolute atomic E-state index is 0.131.